The number of carbonyl (C=O) groups excluding carboxylic acids is 1. The van der Waals surface area contributed by atoms with Crippen molar-refractivity contribution < 1.29 is 4.79 Å². The van der Waals surface area contributed by atoms with Crippen LogP contribution in [0.4, 0.5) is 5.69 Å². The normalized spacial score (nSPS) is 11.0. The molecule has 0 fully saturated rings. The van der Waals surface area contributed by atoms with Gasteiger partial charge in [-0.3, -0.25) is 4.79 Å². The highest BCUT2D eigenvalue weighted by Crippen LogP contribution is 2.25. The number of hydrogen-bond acceptors (Lipinski definition) is 2. The molecule has 0 spiro atoms. The molecule has 3 aromatic rings. The molecule has 6 heteroatoms. The summed E-state index contributed by atoms with van der Waals surface area (Å²) in [4.78, 5) is 12.6. The van der Waals surface area contributed by atoms with E-state index in [1.165, 1.54) is 6.08 Å². The van der Waals surface area contributed by atoms with Crippen LogP contribution in [0.15, 0.2) is 72.3 Å². The minimum Gasteiger partial charge on any atom is -0.321 e. The van der Waals surface area contributed by atoms with Gasteiger partial charge in [0, 0.05) is 20.8 Å². The van der Waals surface area contributed by atoms with Crippen LogP contribution in [0.1, 0.15) is 16.7 Å². The van der Waals surface area contributed by atoms with E-state index in [0.29, 0.717) is 32.7 Å². The molecule has 0 saturated heterocycles. The number of anilines is 1. The lowest BCUT2D eigenvalue weighted by molar-refractivity contribution is -0.112. The predicted molar refractivity (Wildman–Crippen MR) is 119 cm³/mol. The van der Waals surface area contributed by atoms with Gasteiger partial charge in [-0.15, -0.1) is 0 Å². The third-order valence-electron chi connectivity index (χ3n) is 4.19. The third kappa shape index (κ3) is 5.62. The number of nitrogens with one attached hydrogen (secondary N) is 1. The van der Waals surface area contributed by atoms with Crippen LogP contribution in [0.3, 0.4) is 0 Å². The van der Waals surface area contributed by atoms with E-state index in [9.17, 15) is 10.1 Å². The lowest BCUT2D eigenvalue weighted by atomic mass is 9.98. The highest BCUT2D eigenvalue weighted by atomic mass is 35.5. The van der Waals surface area contributed by atoms with Crippen molar-refractivity contribution in [3.8, 4) is 6.07 Å². The van der Waals surface area contributed by atoms with E-state index in [-0.39, 0.29) is 5.57 Å². The molecule has 1 N–H and O–H groups in total. The monoisotopic (exact) mass is 440 g/mol. The van der Waals surface area contributed by atoms with E-state index in [0.717, 1.165) is 11.1 Å². The maximum Gasteiger partial charge on any atom is 0.266 e. The lowest BCUT2D eigenvalue weighted by Gasteiger charge is -2.10. The second-order valence-electron chi connectivity index (χ2n) is 6.25. The summed E-state index contributed by atoms with van der Waals surface area (Å²) in [6.07, 6.45) is 2.06. The van der Waals surface area contributed by atoms with Crippen LogP contribution in [0.5, 0.6) is 0 Å². The van der Waals surface area contributed by atoms with E-state index >= 15 is 0 Å². The standard InChI is InChI=1S/C23H15Cl3N2O/c24-19-5-3-6-21(13-19)28-23(29)18(14-27)11-17-12-20(25)9-8-15(17)10-16-4-1-2-7-22(16)26/h1-9,11-13H,10H2,(H,28,29)/b18-11+. The molecule has 0 radical (unpaired) electrons. The molecule has 0 aromatic heterocycles. The summed E-state index contributed by atoms with van der Waals surface area (Å²) in [6, 6.07) is 21.5. The fourth-order valence-electron chi connectivity index (χ4n) is 2.78. The van der Waals surface area contributed by atoms with Gasteiger partial charge in [0.25, 0.3) is 5.91 Å². The lowest BCUT2D eigenvalue weighted by Crippen LogP contribution is -2.13. The second kappa shape index (κ2) is 9.62. The minimum atomic E-state index is -0.529. The van der Waals surface area contributed by atoms with E-state index in [1.807, 2.05) is 36.4 Å². The third-order valence-corrected chi connectivity index (χ3v) is 5.03. The Morgan fingerprint density at radius 1 is 0.931 bits per heavy atom. The van der Waals surface area contributed by atoms with Gasteiger partial charge in [-0.1, -0.05) is 65.1 Å². The molecule has 0 unspecified atom stereocenters. The van der Waals surface area contributed by atoms with Gasteiger partial charge in [-0.2, -0.15) is 5.26 Å². The Morgan fingerprint density at radius 3 is 2.41 bits per heavy atom. The fraction of sp³-hybridized carbons (Fsp3) is 0.0435. The second-order valence-corrected chi connectivity index (χ2v) is 7.53. The number of benzene rings is 3. The molecule has 0 heterocycles. The summed E-state index contributed by atoms with van der Waals surface area (Å²) < 4.78 is 0. The summed E-state index contributed by atoms with van der Waals surface area (Å²) in [5, 5.41) is 13.8. The van der Waals surface area contributed by atoms with Crippen molar-refractivity contribution in [2.24, 2.45) is 0 Å². The number of hydrogen-bond donors (Lipinski definition) is 1. The zero-order valence-electron chi connectivity index (χ0n) is 15.1. The van der Waals surface area contributed by atoms with Crippen LogP contribution >= 0.6 is 34.8 Å². The van der Waals surface area contributed by atoms with Gasteiger partial charge < -0.3 is 5.32 Å². The number of amides is 1. The molecule has 1 amide bonds. The first-order valence-electron chi connectivity index (χ1n) is 8.67. The smallest absolute Gasteiger partial charge is 0.266 e. The summed E-state index contributed by atoms with van der Waals surface area (Å²) in [5.74, 6) is -0.529. The van der Waals surface area contributed by atoms with Crippen molar-refractivity contribution >= 4 is 52.5 Å². The number of halogens is 3. The van der Waals surface area contributed by atoms with Crippen molar-refractivity contribution in [2.75, 3.05) is 5.32 Å². The van der Waals surface area contributed by atoms with Crippen molar-refractivity contribution in [3.63, 3.8) is 0 Å². The summed E-state index contributed by atoms with van der Waals surface area (Å²) in [7, 11) is 0. The van der Waals surface area contributed by atoms with Gasteiger partial charge in [-0.25, -0.2) is 0 Å². The maximum atomic E-state index is 12.6. The van der Waals surface area contributed by atoms with Crippen molar-refractivity contribution in [1.82, 2.24) is 0 Å². The molecule has 3 rings (SSSR count). The molecule has 0 aliphatic heterocycles. The molecule has 29 heavy (non-hydrogen) atoms. The Bertz CT molecular complexity index is 1130. The van der Waals surface area contributed by atoms with E-state index in [4.69, 9.17) is 34.8 Å². The summed E-state index contributed by atoms with van der Waals surface area (Å²) >= 11 is 18.4. The van der Waals surface area contributed by atoms with Crippen LogP contribution in [-0.4, -0.2) is 5.91 Å². The first kappa shape index (κ1) is 21.0. The SMILES string of the molecule is N#C/C(=C\c1cc(Cl)ccc1Cc1ccccc1Cl)C(=O)Nc1cccc(Cl)c1. The molecular weight excluding hydrogens is 427 g/mol. The highest BCUT2D eigenvalue weighted by Gasteiger charge is 2.12. The van der Waals surface area contributed by atoms with Crippen molar-refractivity contribution in [3.05, 3.63) is 104 Å². The Labute approximate surface area is 184 Å². The first-order valence-corrected chi connectivity index (χ1v) is 9.80. The van der Waals surface area contributed by atoms with Crippen molar-refractivity contribution in [2.45, 2.75) is 6.42 Å². The maximum absolute atomic E-state index is 12.6. The quantitative estimate of drug-likeness (QED) is 0.350. The molecule has 0 aliphatic rings. The average molecular weight is 442 g/mol. The van der Waals surface area contributed by atoms with Gasteiger partial charge in [0.1, 0.15) is 11.6 Å². The van der Waals surface area contributed by atoms with Gasteiger partial charge in [0.05, 0.1) is 0 Å². The Hall–Kier alpha value is -2.77. The minimum absolute atomic E-state index is 0.0485. The summed E-state index contributed by atoms with van der Waals surface area (Å²) in [5.41, 5.74) is 2.97. The zero-order chi connectivity index (χ0) is 20.8. The number of nitrogens with zero attached hydrogens (tertiary/aromatic N) is 1. The van der Waals surface area contributed by atoms with Crippen LogP contribution in [0, 0.1) is 11.3 Å². The Kier molecular flexibility index (Phi) is 6.95. The topological polar surface area (TPSA) is 52.9 Å². The van der Waals surface area contributed by atoms with Crippen molar-refractivity contribution in [1.29, 1.82) is 5.26 Å². The number of nitriles is 1. The molecule has 0 aliphatic carbocycles. The first-order chi connectivity index (χ1) is 14.0. The number of carbonyl (C=O) groups is 1. The van der Waals surface area contributed by atoms with E-state index in [2.05, 4.69) is 5.32 Å². The summed E-state index contributed by atoms with van der Waals surface area (Å²) in [6.45, 7) is 0. The van der Waals surface area contributed by atoms with Gasteiger partial charge in [-0.05, 0) is 65.6 Å². The molecular formula is C23H15Cl3N2O. The molecule has 0 saturated carbocycles. The predicted octanol–water partition coefficient (Wildman–Crippen LogP) is 6.78. The molecule has 144 valence electrons. The van der Waals surface area contributed by atoms with Crippen LogP contribution < -0.4 is 5.32 Å². The van der Waals surface area contributed by atoms with Gasteiger partial charge in [0.15, 0.2) is 0 Å². The fourth-order valence-corrected chi connectivity index (χ4v) is 3.35. The van der Waals surface area contributed by atoms with Gasteiger partial charge >= 0.3 is 0 Å². The van der Waals surface area contributed by atoms with E-state index in [1.54, 1.807) is 36.4 Å². The number of rotatable bonds is 5. The molecule has 3 nitrogen and oxygen atoms in total. The average Bonchev–Trinajstić information content (AvgIpc) is 2.69. The van der Waals surface area contributed by atoms with Crippen LogP contribution in [0.25, 0.3) is 6.08 Å². The molecule has 0 atom stereocenters. The zero-order valence-corrected chi connectivity index (χ0v) is 17.4. The molecule has 0 bridgehead atoms. The highest BCUT2D eigenvalue weighted by molar-refractivity contribution is 6.31. The Morgan fingerprint density at radius 2 is 1.69 bits per heavy atom. The Balaban J connectivity index is 1.92. The van der Waals surface area contributed by atoms with Crippen LogP contribution in [0.2, 0.25) is 15.1 Å². The van der Waals surface area contributed by atoms with Crippen LogP contribution in [-0.2, 0) is 11.2 Å². The largest absolute Gasteiger partial charge is 0.321 e. The molecule has 3 aromatic carbocycles. The van der Waals surface area contributed by atoms with Gasteiger partial charge in [0.2, 0.25) is 0 Å². The van der Waals surface area contributed by atoms with E-state index < -0.39 is 5.91 Å².